The number of amides is 1. The van der Waals surface area contributed by atoms with Gasteiger partial charge in [0.1, 0.15) is 5.72 Å². The summed E-state index contributed by atoms with van der Waals surface area (Å²) in [6, 6.07) is 12.6. The molecule has 140 valence electrons. The van der Waals surface area contributed by atoms with Crippen molar-refractivity contribution in [1.82, 2.24) is 4.90 Å². The van der Waals surface area contributed by atoms with Crippen LogP contribution in [0.3, 0.4) is 0 Å². The lowest BCUT2D eigenvalue weighted by Gasteiger charge is -2.47. The van der Waals surface area contributed by atoms with E-state index in [2.05, 4.69) is 0 Å². The molecule has 0 spiro atoms. The summed E-state index contributed by atoms with van der Waals surface area (Å²) < 4.78 is 45.7. The number of rotatable bonds is 7. The van der Waals surface area contributed by atoms with Crippen molar-refractivity contribution in [3.8, 4) is 0 Å². The van der Waals surface area contributed by atoms with Crippen LogP contribution in [0.15, 0.2) is 47.8 Å². The molecule has 4 nitrogen and oxygen atoms in total. The third-order valence-corrected chi connectivity index (χ3v) is 5.63. The van der Waals surface area contributed by atoms with Crippen LogP contribution in [0.2, 0.25) is 0 Å². The Balaban J connectivity index is 1.86. The molecule has 0 N–H and O–H groups in total. The fraction of sp³-hybridized carbons (Fsp3) is 0.476. The van der Waals surface area contributed by atoms with Gasteiger partial charge in [-0.15, -0.1) is 11.3 Å². The minimum Gasteiger partial charge on any atom is -0.358 e. The number of piperidine rings is 1. The maximum absolute atomic E-state index is 13.0. The summed E-state index contributed by atoms with van der Waals surface area (Å²) in [5.41, 5.74) is -0.716. The maximum Gasteiger partial charge on any atom is 0.229 e. The molecule has 5 heteroatoms. The number of hydrogen-bond donors (Lipinski definition) is 0. The van der Waals surface area contributed by atoms with Crippen LogP contribution < -0.4 is 4.90 Å². The number of para-hydroxylation sites is 1. The molecule has 0 aliphatic carbocycles. The van der Waals surface area contributed by atoms with E-state index < -0.39 is 19.1 Å². The van der Waals surface area contributed by atoms with Crippen molar-refractivity contribution in [3.05, 3.63) is 52.7 Å². The second kappa shape index (κ2) is 8.80. The van der Waals surface area contributed by atoms with Crippen molar-refractivity contribution in [2.75, 3.05) is 31.6 Å². The van der Waals surface area contributed by atoms with E-state index in [0.717, 1.165) is 0 Å². The number of anilines is 1. The monoisotopic (exact) mass is 377 g/mol. The molecule has 0 radical (unpaired) electrons. The number of carbonyl (C=O) groups excluding carboxylic acids is 1. The molecule has 1 fully saturated rings. The van der Waals surface area contributed by atoms with Crippen molar-refractivity contribution in [1.29, 1.82) is 0 Å². The number of carbonyl (C=O) groups is 1. The van der Waals surface area contributed by atoms with Gasteiger partial charge in [0.05, 0.1) is 4.11 Å². The van der Waals surface area contributed by atoms with E-state index in [0.29, 0.717) is 23.7 Å². The summed E-state index contributed by atoms with van der Waals surface area (Å²) in [4.78, 5) is 17.1. The Kier molecular flexibility index (Phi) is 4.56. The number of likely N-dealkylation sites (tertiary alicyclic amines) is 1. The van der Waals surface area contributed by atoms with E-state index in [9.17, 15) is 4.79 Å². The summed E-state index contributed by atoms with van der Waals surface area (Å²) in [7, 11) is -2.67. The van der Waals surface area contributed by atoms with E-state index in [-0.39, 0.29) is 31.7 Å². The third kappa shape index (κ3) is 4.17. The SMILES string of the molecule is [2H]C([2H])([2H])OC1(N(C(=O)CC)c2ccccc2)CCN(CC([2H])([2H])c2cccs2)CC1. The van der Waals surface area contributed by atoms with E-state index in [1.165, 1.54) is 16.2 Å². The van der Waals surface area contributed by atoms with Gasteiger partial charge in [-0.25, -0.2) is 0 Å². The molecule has 2 heterocycles. The van der Waals surface area contributed by atoms with Crippen LogP contribution in [0.5, 0.6) is 0 Å². The standard InChI is InChI=1S/C21H28N2O2S/c1-3-20(24)23(18-8-5-4-6-9-18)21(25-2)12-15-22(16-13-21)14-11-19-10-7-17-26-19/h4-10,17H,3,11-16H2,1-2H3/i2D3,11D2. The van der Waals surface area contributed by atoms with Gasteiger partial charge in [0.2, 0.25) is 5.91 Å². The highest BCUT2D eigenvalue weighted by molar-refractivity contribution is 7.09. The van der Waals surface area contributed by atoms with Crippen LogP contribution in [-0.2, 0) is 15.9 Å². The maximum atomic E-state index is 13.0. The Morgan fingerprint density at radius 2 is 2.08 bits per heavy atom. The third-order valence-electron chi connectivity index (χ3n) is 4.80. The fourth-order valence-corrected chi connectivity index (χ4v) is 3.95. The topological polar surface area (TPSA) is 32.8 Å². The smallest absolute Gasteiger partial charge is 0.229 e. The zero-order valence-electron chi connectivity index (χ0n) is 20.0. The van der Waals surface area contributed by atoms with Gasteiger partial charge in [-0.3, -0.25) is 9.69 Å². The quantitative estimate of drug-likeness (QED) is 0.679. The first-order valence-electron chi connectivity index (χ1n) is 11.4. The Morgan fingerprint density at radius 1 is 1.31 bits per heavy atom. The van der Waals surface area contributed by atoms with Crippen molar-refractivity contribution >= 4 is 22.9 Å². The van der Waals surface area contributed by atoms with Gasteiger partial charge >= 0.3 is 0 Å². The van der Waals surface area contributed by atoms with Gasteiger partial charge in [0, 0.05) is 59.2 Å². The molecular weight excluding hydrogens is 344 g/mol. The molecule has 1 aromatic heterocycles. The van der Waals surface area contributed by atoms with Crippen LogP contribution in [0.25, 0.3) is 0 Å². The summed E-state index contributed by atoms with van der Waals surface area (Å²) in [5.74, 6) is -0.210. The molecule has 0 saturated carbocycles. The highest BCUT2D eigenvalue weighted by Crippen LogP contribution is 2.34. The predicted molar refractivity (Wildman–Crippen MR) is 108 cm³/mol. The van der Waals surface area contributed by atoms with E-state index >= 15 is 0 Å². The number of methoxy groups -OCH3 is 1. The Morgan fingerprint density at radius 3 is 2.69 bits per heavy atom. The summed E-state index contributed by atoms with van der Waals surface area (Å²) in [6.45, 7) is 2.78. The lowest BCUT2D eigenvalue weighted by molar-refractivity contribution is -0.128. The number of benzene rings is 1. The van der Waals surface area contributed by atoms with Gasteiger partial charge in [0.15, 0.2) is 0 Å². The van der Waals surface area contributed by atoms with Crippen LogP contribution in [0.4, 0.5) is 5.69 Å². The molecule has 2 aromatic rings. The Labute approximate surface area is 167 Å². The molecule has 1 aliphatic rings. The first kappa shape index (κ1) is 13.5. The minimum atomic E-state index is -2.67. The molecular formula is C21H28N2O2S. The average Bonchev–Trinajstić information content (AvgIpc) is 3.25. The molecule has 0 atom stereocenters. The molecule has 0 unspecified atom stereocenters. The van der Waals surface area contributed by atoms with Gasteiger partial charge in [-0.05, 0) is 30.0 Å². The van der Waals surface area contributed by atoms with Gasteiger partial charge < -0.3 is 9.64 Å². The molecule has 1 saturated heterocycles. The predicted octanol–water partition coefficient (Wildman–Crippen LogP) is 4.17. The second-order valence-electron chi connectivity index (χ2n) is 6.40. The number of thiophene rings is 1. The highest BCUT2D eigenvalue weighted by Gasteiger charge is 2.42. The fourth-order valence-electron chi connectivity index (χ4n) is 3.34. The summed E-state index contributed by atoms with van der Waals surface area (Å²) in [5, 5.41) is 1.85. The first-order chi connectivity index (χ1) is 14.6. The van der Waals surface area contributed by atoms with E-state index in [4.69, 9.17) is 11.6 Å². The normalized spacial score (nSPS) is 21.0. The van der Waals surface area contributed by atoms with Crippen molar-refractivity contribution in [2.24, 2.45) is 0 Å². The Bertz CT molecular complexity index is 850. The second-order valence-corrected chi connectivity index (χ2v) is 7.34. The molecule has 26 heavy (non-hydrogen) atoms. The summed E-state index contributed by atoms with van der Waals surface area (Å²) >= 11 is 1.38. The number of hydrogen-bond acceptors (Lipinski definition) is 4. The highest BCUT2D eigenvalue weighted by atomic mass is 32.1. The van der Waals surface area contributed by atoms with E-state index in [1.54, 1.807) is 37.3 Å². The van der Waals surface area contributed by atoms with Crippen LogP contribution in [0, 0.1) is 0 Å². The van der Waals surface area contributed by atoms with Crippen LogP contribution >= 0.6 is 11.3 Å². The first-order valence-corrected chi connectivity index (χ1v) is 9.79. The molecule has 0 bridgehead atoms. The van der Waals surface area contributed by atoms with Crippen molar-refractivity contribution in [2.45, 2.75) is 38.3 Å². The zero-order valence-corrected chi connectivity index (χ0v) is 15.8. The summed E-state index contributed by atoms with van der Waals surface area (Å²) in [6.07, 6.45) is -0.748. The molecule has 3 rings (SSSR count). The number of nitrogens with zero attached hydrogens (tertiary/aromatic N) is 2. The van der Waals surface area contributed by atoms with Gasteiger partial charge in [-0.2, -0.15) is 0 Å². The molecule has 1 aromatic carbocycles. The zero-order chi connectivity index (χ0) is 22.7. The van der Waals surface area contributed by atoms with Crippen molar-refractivity contribution < 1.29 is 16.4 Å². The molecule has 1 aliphatic heterocycles. The minimum absolute atomic E-state index is 0.199. The largest absolute Gasteiger partial charge is 0.358 e. The number of ether oxygens (including phenoxy) is 1. The lowest BCUT2D eigenvalue weighted by Crippen LogP contribution is -2.59. The van der Waals surface area contributed by atoms with Gasteiger partial charge in [0.25, 0.3) is 0 Å². The molecule has 1 amide bonds. The Hall–Kier alpha value is -1.69. The van der Waals surface area contributed by atoms with Crippen molar-refractivity contribution in [3.63, 3.8) is 0 Å². The van der Waals surface area contributed by atoms with Crippen LogP contribution in [0.1, 0.15) is 37.9 Å². The average molecular weight is 378 g/mol. The lowest BCUT2D eigenvalue weighted by atomic mass is 9.96. The van der Waals surface area contributed by atoms with Crippen LogP contribution in [-0.4, -0.2) is 43.2 Å². The van der Waals surface area contributed by atoms with Gasteiger partial charge in [-0.1, -0.05) is 31.2 Å². The van der Waals surface area contributed by atoms with E-state index in [1.807, 2.05) is 22.4 Å².